The lowest BCUT2D eigenvalue weighted by molar-refractivity contribution is -0.254. The summed E-state index contributed by atoms with van der Waals surface area (Å²) in [7, 11) is 0. The molecule has 0 saturated carbocycles. The molecule has 6 aromatic rings. The van der Waals surface area contributed by atoms with Gasteiger partial charge in [-0.1, -0.05) is 59.0 Å². The summed E-state index contributed by atoms with van der Waals surface area (Å²) in [5.74, 6) is 6.51. The lowest BCUT2D eigenvalue weighted by Gasteiger charge is -2.25. The minimum atomic E-state index is -5.88. The molecular weight excluding hydrogens is 1010 g/mol. The standard InChI is InChI=1S/C59H46F6O8S2/c1-9-68-51-31-43(53(70-11-3)29-41(51)19-13-39-15-25-47(26-16-39)74-37(7)66)21-23-45-33-49(35(5)72-45)55-56(58(62,63)59(64,65)57(55,60)61)50-34-46(73-36(50)6)24-22-44-32-52(69-10-2)42(30-54(44)71-12-4)20-14-40-17-27-48(28-18-40)75-38(8)67/h15-18,25-34H,9-12H2,1-8H3. The second kappa shape index (κ2) is 23.2. The van der Waals surface area contributed by atoms with Crippen molar-refractivity contribution in [3.8, 4) is 70.4 Å². The van der Waals surface area contributed by atoms with Gasteiger partial charge in [0, 0.05) is 93.4 Å². The van der Waals surface area contributed by atoms with Crippen LogP contribution in [-0.4, -0.2) is 54.4 Å². The van der Waals surface area contributed by atoms with Gasteiger partial charge in [-0.25, -0.2) is 0 Å². The molecule has 0 aliphatic heterocycles. The topological polar surface area (TPSA) is 97.3 Å². The average molecular weight is 1060 g/mol. The summed E-state index contributed by atoms with van der Waals surface area (Å²) in [6.07, 6.45) is 0. The van der Waals surface area contributed by atoms with Crippen molar-refractivity contribution in [2.45, 2.75) is 82.9 Å². The number of aryl methyl sites for hydroxylation is 2. The van der Waals surface area contributed by atoms with Crippen molar-refractivity contribution in [1.29, 1.82) is 0 Å². The highest BCUT2D eigenvalue weighted by atomic mass is 32.2. The van der Waals surface area contributed by atoms with Crippen LogP contribution in [0.1, 0.15) is 109 Å². The molecule has 0 fully saturated rings. The first kappa shape index (κ1) is 55.0. The van der Waals surface area contributed by atoms with Gasteiger partial charge in [0.1, 0.15) is 34.5 Å². The molecule has 1 aliphatic carbocycles. The number of halogens is 6. The number of benzene rings is 4. The van der Waals surface area contributed by atoms with Crippen LogP contribution in [0.25, 0.3) is 11.1 Å². The molecule has 384 valence electrons. The molecular formula is C59H46F6O8S2. The Morgan fingerprint density at radius 1 is 0.467 bits per heavy atom. The number of carbonyl (C=O) groups is 2. The molecule has 0 atom stereocenters. The predicted octanol–water partition coefficient (Wildman–Crippen LogP) is 13.8. The summed E-state index contributed by atoms with van der Waals surface area (Å²) >= 11 is 2.19. The maximum absolute atomic E-state index is 16.1. The smallest absolute Gasteiger partial charge is 0.380 e. The number of carbonyl (C=O) groups excluding carboxylic acids is 2. The van der Waals surface area contributed by atoms with Crippen molar-refractivity contribution in [2.75, 3.05) is 26.4 Å². The van der Waals surface area contributed by atoms with Crippen LogP contribution in [0.3, 0.4) is 0 Å². The molecule has 0 radical (unpaired) electrons. The van der Waals surface area contributed by atoms with Gasteiger partial charge >= 0.3 is 17.8 Å². The number of hydrogen-bond donors (Lipinski definition) is 0. The zero-order chi connectivity index (χ0) is 54.2. The summed E-state index contributed by atoms with van der Waals surface area (Å²) in [4.78, 5) is 24.5. The summed E-state index contributed by atoms with van der Waals surface area (Å²) < 4.78 is 130. The van der Waals surface area contributed by atoms with Crippen molar-refractivity contribution in [2.24, 2.45) is 0 Å². The lowest BCUT2D eigenvalue weighted by Crippen LogP contribution is -2.48. The summed E-state index contributed by atoms with van der Waals surface area (Å²) in [5, 5.41) is -0.104. The predicted molar refractivity (Wildman–Crippen MR) is 276 cm³/mol. The van der Waals surface area contributed by atoms with Crippen molar-refractivity contribution in [1.82, 2.24) is 0 Å². The third-order valence-corrected chi connectivity index (χ3v) is 12.5. The van der Waals surface area contributed by atoms with Gasteiger partial charge < -0.3 is 27.8 Å². The molecule has 8 nitrogen and oxygen atoms in total. The molecule has 16 heteroatoms. The van der Waals surface area contributed by atoms with Gasteiger partial charge in [-0.05, 0) is 102 Å². The third kappa shape index (κ3) is 12.1. The second-order valence-corrected chi connectivity index (χ2v) is 18.8. The van der Waals surface area contributed by atoms with Crippen LogP contribution in [0.15, 0.2) is 104 Å². The first-order valence-corrected chi connectivity index (χ1v) is 25.0. The molecule has 4 aromatic carbocycles. The highest BCUT2D eigenvalue weighted by Gasteiger charge is 2.80. The lowest BCUT2D eigenvalue weighted by atomic mass is 9.95. The number of thioether (sulfide) groups is 2. The van der Waals surface area contributed by atoms with Crippen LogP contribution in [0, 0.1) is 61.2 Å². The molecule has 2 heterocycles. The Kier molecular flexibility index (Phi) is 17.0. The number of allylic oxidation sites excluding steroid dienone is 2. The summed E-state index contributed by atoms with van der Waals surface area (Å²) in [6, 6.07) is 22.4. The normalized spacial score (nSPS) is 13.7. The Balaban J connectivity index is 1.25. The second-order valence-electron chi connectivity index (χ2n) is 16.3. The van der Waals surface area contributed by atoms with E-state index in [1.54, 1.807) is 100 Å². The van der Waals surface area contributed by atoms with Gasteiger partial charge in [-0.2, -0.15) is 26.3 Å². The summed E-state index contributed by atoms with van der Waals surface area (Å²) in [6.45, 7) is 13.2. The third-order valence-electron chi connectivity index (χ3n) is 11.0. The Morgan fingerprint density at radius 2 is 0.760 bits per heavy atom. The molecule has 7 rings (SSSR count). The van der Waals surface area contributed by atoms with Gasteiger partial charge in [0.15, 0.2) is 21.8 Å². The summed E-state index contributed by atoms with van der Waals surface area (Å²) in [5.41, 5.74) is -2.03. The Bertz CT molecular complexity index is 3240. The van der Waals surface area contributed by atoms with Crippen LogP contribution in [0.2, 0.25) is 0 Å². The van der Waals surface area contributed by atoms with E-state index in [1.165, 1.54) is 27.7 Å². The van der Waals surface area contributed by atoms with E-state index in [-0.39, 0.29) is 82.3 Å². The SMILES string of the molecule is CCOc1cc(C#Cc2cc(C3=C(c4cc(C#Cc5cc(OCC)c(C#Cc6ccc(SC(C)=O)cc6)cc5OCC)oc4C)C(F)(F)C(F)(F)C3(F)F)c(C)o2)c(OCC)cc1C#Cc1ccc(SC(C)=O)cc1. The molecule has 0 amide bonds. The van der Waals surface area contributed by atoms with Gasteiger partial charge in [-0.3, -0.25) is 9.59 Å². The zero-order valence-corrected chi connectivity index (χ0v) is 43.4. The highest BCUT2D eigenvalue weighted by Crippen LogP contribution is 2.65. The van der Waals surface area contributed by atoms with Crippen LogP contribution in [0.5, 0.6) is 23.0 Å². The number of hydrogen-bond acceptors (Lipinski definition) is 10. The minimum absolute atomic E-state index is 0.0519. The Hall–Kier alpha value is -7.76. The van der Waals surface area contributed by atoms with Crippen LogP contribution < -0.4 is 18.9 Å². The molecule has 0 saturated heterocycles. The molecule has 0 N–H and O–H groups in total. The van der Waals surface area contributed by atoms with E-state index in [0.29, 0.717) is 33.8 Å². The molecule has 75 heavy (non-hydrogen) atoms. The molecule has 1 aliphatic rings. The maximum Gasteiger partial charge on any atom is 0.380 e. The number of rotatable bonds is 12. The van der Waals surface area contributed by atoms with Gasteiger partial charge in [0.2, 0.25) is 0 Å². The fourth-order valence-electron chi connectivity index (χ4n) is 7.71. The first-order chi connectivity index (χ1) is 35.7. The average Bonchev–Trinajstić information content (AvgIpc) is 3.94. The largest absolute Gasteiger partial charge is 0.493 e. The fraction of sp³-hybridized carbons (Fsp3) is 0.254. The highest BCUT2D eigenvalue weighted by molar-refractivity contribution is 8.13. The van der Waals surface area contributed by atoms with Crippen LogP contribution >= 0.6 is 23.5 Å². The van der Waals surface area contributed by atoms with E-state index in [9.17, 15) is 9.59 Å². The zero-order valence-electron chi connectivity index (χ0n) is 41.8. The molecule has 0 unspecified atom stereocenters. The molecule has 2 aromatic heterocycles. The van der Waals surface area contributed by atoms with Crippen LogP contribution in [-0.2, 0) is 9.59 Å². The van der Waals surface area contributed by atoms with E-state index < -0.39 is 40.0 Å². The van der Waals surface area contributed by atoms with Crippen molar-refractivity contribution in [3.63, 3.8) is 0 Å². The fourth-order valence-corrected chi connectivity index (χ4v) is 8.92. The first-order valence-electron chi connectivity index (χ1n) is 23.3. The van der Waals surface area contributed by atoms with Crippen molar-refractivity contribution >= 4 is 44.9 Å². The number of ether oxygens (including phenoxy) is 4. The minimum Gasteiger partial charge on any atom is -0.493 e. The van der Waals surface area contributed by atoms with Gasteiger partial charge in [-0.15, -0.1) is 0 Å². The maximum atomic E-state index is 16.1. The number of furan rings is 2. The van der Waals surface area contributed by atoms with Crippen molar-refractivity contribution < 1.29 is 63.7 Å². The van der Waals surface area contributed by atoms with E-state index in [0.717, 1.165) is 45.4 Å². The van der Waals surface area contributed by atoms with E-state index >= 15 is 26.3 Å². The van der Waals surface area contributed by atoms with Crippen LogP contribution in [0.4, 0.5) is 26.3 Å². The van der Waals surface area contributed by atoms with Gasteiger partial charge in [0.05, 0.1) is 48.7 Å². The van der Waals surface area contributed by atoms with E-state index in [1.807, 2.05) is 0 Å². The van der Waals surface area contributed by atoms with Crippen molar-refractivity contribution in [3.05, 3.63) is 152 Å². The van der Waals surface area contributed by atoms with E-state index in [4.69, 9.17) is 27.8 Å². The Labute approximate surface area is 438 Å². The molecule has 0 spiro atoms. The number of alkyl halides is 6. The van der Waals surface area contributed by atoms with E-state index in [2.05, 4.69) is 47.4 Å². The quantitative estimate of drug-likeness (QED) is 0.0669. The Morgan fingerprint density at radius 3 is 1.04 bits per heavy atom. The van der Waals surface area contributed by atoms with Gasteiger partial charge in [0.25, 0.3) is 0 Å². The monoisotopic (exact) mass is 1060 g/mol. The molecule has 0 bridgehead atoms.